The molecule has 5 nitrogen and oxygen atoms in total. The average molecular weight is 279 g/mol. The summed E-state index contributed by atoms with van der Waals surface area (Å²) in [4.78, 5) is 11.8. The van der Waals surface area contributed by atoms with E-state index in [4.69, 9.17) is 9.59 Å². The van der Waals surface area contributed by atoms with Gasteiger partial charge in [-0.1, -0.05) is 18.2 Å². The molecule has 6 heteroatoms. The predicted octanol–water partition coefficient (Wildman–Crippen LogP) is 2.03. The van der Waals surface area contributed by atoms with Crippen LogP contribution >= 0.6 is 0 Å². The van der Waals surface area contributed by atoms with E-state index in [2.05, 4.69) is 0 Å². The largest absolute Gasteiger partial charge is 0.297 e. The summed E-state index contributed by atoms with van der Waals surface area (Å²) < 4.78 is 29.1. The number of rotatable bonds is 3. The van der Waals surface area contributed by atoms with Crippen LogP contribution < -0.4 is 0 Å². The molecule has 0 aliphatic heterocycles. The molecule has 1 aliphatic rings. The summed E-state index contributed by atoms with van der Waals surface area (Å²) in [7, 11) is -3.92. The van der Waals surface area contributed by atoms with Gasteiger partial charge in [-0.3, -0.25) is 14.4 Å². The fraction of sp³-hybridized carbons (Fsp3) is 0.231. The number of nitrogens with one attached hydrogen (secondary N) is 1. The SMILES string of the molecule is CC(C)OS(=O)(=O)c1cccc2c1C=CC(=N)C2=O. The molecule has 1 N–H and O–H groups in total. The molecule has 0 heterocycles. The number of Topliss-reactive ketones (excluding diaryl/α,β-unsaturated/α-hetero) is 1. The molecular formula is C13H13NO4S. The number of carbonyl (C=O) groups is 1. The second-order valence-corrected chi connectivity index (χ2v) is 5.93. The summed E-state index contributed by atoms with van der Waals surface area (Å²) in [6.45, 7) is 3.23. The zero-order valence-corrected chi connectivity index (χ0v) is 11.3. The van der Waals surface area contributed by atoms with Crippen LogP contribution in [0, 0.1) is 5.41 Å². The first kappa shape index (κ1) is 13.6. The topological polar surface area (TPSA) is 84.3 Å². The first-order valence-electron chi connectivity index (χ1n) is 5.70. The molecule has 0 aromatic heterocycles. The Balaban J connectivity index is 2.62. The lowest BCUT2D eigenvalue weighted by Crippen LogP contribution is -2.19. The van der Waals surface area contributed by atoms with Crippen molar-refractivity contribution in [1.82, 2.24) is 0 Å². The van der Waals surface area contributed by atoms with Gasteiger partial charge in [-0.05, 0) is 26.0 Å². The first-order chi connectivity index (χ1) is 8.83. The summed E-state index contributed by atoms with van der Waals surface area (Å²) in [5, 5.41) is 7.45. The number of hydrogen-bond donors (Lipinski definition) is 1. The Bertz CT molecular complexity index is 687. The zero-order valence-electron chi connectivity index (χ0n) is 10.5. The van der Waals surface area contributed by atoms with Gasteiger partial charge in [0.1, 0.15) is 10.6 Å². The van der Waals surface area contributed by atoms with Gasteiger partial charge in [0.15, 0.2) is 0 Å². The molecule has 100 valence electrons. The smallest absolute Gasteiger partial charge is 0.297 e. The summed E-state index contributed by atoms with van der Waals surface area (Å²) in [5.41, 5.74) is 0.330. The molecule has 1 aromatic carbocycles. The molecule has 0 atom stereocenters. The normalized spacial score (nSPS) is 14.9. The Morgan fingerprint density at radius 3 is 2.53 bits per heavy atom. The molecule has 0 fully saturated rings. The number of allylic oxidation sites excluding steroid dienone is 1. The fourth-order valence-corrected chi connectivity index (χ4v) is 3.13. The van der Waals surface area contributed by atoms with Crippen LogP contribution in [0.3, 0.4) is 0 Å². The maximum absolute atomic E-state index is 12.1. The van der Waals surface area contributed by atoms with Crippen molar-refractivity contribution in [2.24, 2.45) is 0 Å². The monoisotopic (exact) mass is 279 g/mol. The maximum Gasteiger partial charge on any atom is 0.297 e. The van der Waals surface area contributed by atoms with Gasteiger partial charge in [0.2, 0.25) is 5.78 Å². The van der Waals surface area contributed by atoms with Crippen LogP contribution in [0.15, 0.2) is 29.2 Å². The van der Waals surface area contributed by atoms with Gasteiger partial charge in [0.25, 0.3) is 10.1 Å². The number of benzene rings is 1. The molecule has 0 radical (unpaired) electrons. The molecule has 0 saturated carbocycles. The molecule has 0 saturated heterocycles. The lowest BCUT2D eigenvalue weighted by atomic mass is 9.95. The summed E-state index contributed by atoms with van der Waals surface area (Å²) in [6, 6.07) is 4.37. The van der Waals surface area contributed by atoms with E-state index in [1.165, 1.54) is 30.4 Å². The van der Waals surface area contributed by atoms with E-state index in [0.717, 1.165) is 0 Å². The van der Waals surface area contributed by atoms with Crippen molar-refractivity contribution in [2.75, 3.05) is 0 Å². The average Bonchev–Trinajstić information content (AvgIpc) is 2.32. The van der Waals surface area contributed by atoms with Gasteiger partial charge >= 0.3 is 0 Å². The molecule has 19 heavy (non-hydrogen) atoms. The molecule has 0 bridgehead atoms. The van der Waals surface area contributed by atoms with Crippen LogP contribution in [0.4, 0.5) is 0 Å². The second kappa shape index (κ2) is 4.71. The van der Waals surface area contributed by atoms with Crippen molar-refractivity contribution < 1.29 is 17.4 Å². The van der Waals surface area contributed by atoms with Crippen molar-refractivity contribution in [3.05, 3.63) is 35.4 Å². The molecule has 0 spiro atoms. The van der Waals surface area contributed by atoms with Gasteiger partial charge in [-0.2, -0.15) is 8.42 Å². The lowest BCUT2D eigenvalue weighted by molar-refractivity contribution is 0.106. The highest BCUT2D eigenvalue weighted by atomic mass is 32.2. The Morgan fingerprint density at radius 1 is 1.21 bits per heavy atom. The van der Waals surface area contributed by atoms with Gasteiger partial charge in [0, 0.05) is 11.1 Å². The quantitative estimate of drug-likeness (QED) is 0.858. The zero-order chi connectivity index (χ0) is 14.2. The third-order valence-electron chi connectivity index (χ3n) is 2.56. The van der Waals surface area contributed by atoms with E-state index in [-0.39, 0.29) is 21.7 Å². The Morgan fingerprint density at radius 2 is 1.89 bits per heavy atom. The predicted molar refractivity (Wildman–Crippen MR) is 70.9 cm³/mol. The number of ketones is 1. The van der Waals surface area contributed by atoms with Gasteiger partial charge < -0.3 is 0 Å². The summed E-state index contributed by atoms with van der Waals surface area (Å²) in [5.74, 6) is -0.487. The van der Waals surface area contributed by atoms with Crippen molar-refractivity contribution >= 4 is 27.7 Å². The van der Waals surface area contributed by atoms with E-state index in [1.54, 1.807) is 13.8 Å². The minimum absolute atomic E-state index is 0.0456. The second-order valence-electron chi connectivity index (χ2n) is 4.39. The number of carbonyl (C=O) groups excluding carboxylic acids is 1. The van der Waals surface area contributed by atoms with Crippen molar-refractivity contribution in [3.8, 4) is 0 Å². The van der Waals surface area contributed by atoms with Gasteiger partial charge in [0.05, 0.1) is 6.10 Å². The summed E-state index contributed by atoms with van der Waals surface area (Å²) in [6.07, 6.45) is 2.26. The molecule has 1 aromatic rings. The van der Waals surface area contributed by atoms with Crippen LogP contribution in [0.1, 0.15) is 29.8 Å². The molecule has 1 aliphatic carbocycles. The van der Waals surface area contributed by atoms with Gasteiger partial charge in [-0.15, -0.1) is 0 Å². The molecule has 2 rings (SSSR count). The third kappa shape index (κ3) is 2.50. The highest BCUT2D eigenvalue weighted by Crippen LogP contribution is 2.27. The Kier molecular flexibility index (Phi) is 3.38. The molecular weight excluding hydrogens is 266 g/mol. The number of hydrogen-bond acceptors (Lipinski definition) is 5. The van der Waals surface area contributed by atoms with Crippen LogP contribution in [-0.2, 0) is 14.3 Å². The first-order valence-corrected chi connectivity index (χ1v) is 7.11. The standard InChI is InChI=1S/C13H13NO4S/c1-8(2)18-19(16,17)12-5-3-4-10-9(12)6-7-11(14)13(10)15/h3-8,14H,1-2H3. The van der Waals surface area contributed by atoms with Crippen molar-refractivity contribution in [3.63, 3.8) is 0 Å². The minimum Gasteiger partial charge on any atom is -0.297 e. The van der Waals surface area contributed by atoms with E-state index in [0.29, 0.717) is 0 Å². The van der Waals surface area contributed by atoms with Crippen LogP contribution in [-0.4, -0.2) is 26.0 Å². The van der Waals surface area contributed by atoms with Crippen LogP contribution in [0.25, 0.3) is 6.08 Å². The fourth-order valence-electron chi connectivity index (χ4n) is 1.82. The third-order valence-corrected chi connectivity index (χ3v) is 4.09. The van der Waals surface area contributed by atoms with Crippen molar-refractivity contribution in [2.45, 2.75) is 24.8 Å². The number of fused-ring (bicyclic) bond motifs is 1. The highest BCUT2D eigenvalue weighted by Gasteiger charge is 2.26. The molecule has 0 unspecified atom stereocenters. The van der Waals surface area contributed by atoms with Crippen LogP contribution in [0.2, 0.25) is 0 Å². The lowest BCUT2D eigenvalue weighted by Gasteiger charge is -2.15. The highest BCUT2D eigenvalue weighted by molar-refractivity contribution is 7.86. The van der Waals surface area contributed by atoms with E-state index >= 15 is 0 Å². The minimum atomic E-state index is -3.92. The van der Waals surface area contributed by atoms with Crippen molar-refractivity contribution in [1.29, 1.82) is 5.41 Å². The van der Waals surface area contributed by atoms with Crippen LogP contribution in [0.5, 0.6) is 0 Å². The van der Waals surface area contributed by atoms with E-state index in [9.17, 15) is 13.2 Å². The Labute approximate surface area is 111 Å². The maximum atomic E-state index is 12.1. The Hall–Kier alpha value is -1.79. The van der Waals surface area contributed by atoms with E-state index < -0.39 is 22.0 Å². The van der Waals surface area contributed by atoms with Gasteiger partial charge in [-0.25, -0.2) is 0 Å². The summed E-state index contributed by atoms with van der Waals surface area (Å²) >= 11 is 0. The molecule has 0 amide bonds. The van der Waals surface area contributed by atoms with E-state index in [1.807, 2.05) is 0 Å².